The van der Waals surface area contributed by atoms with Crippen molar-refractivity contribution in [2.24, 2.45) is 0 Å². The predicted octanol–water partition coefficient (Wildman–Crippen LogP) is -0.875. The minimum absolute atomic E-state index is 0. The van der Waals surface area contributed by atoms with Crippen molar-refractivity contribution in [1.29, 1.82) is 0 Å². The van der Waals surface area contributed by atoms with Crippen LogP contribution in [0.3, 0.4) is 0 Å². The molecule has 0 radical (unpaired) electrons. The van der Waals surface area contributed by atoms with Crippen LogP contribution in [0.4, 0.5) is 0 Å². The molecule has 28 valence electrons. The van der Waals surface area contributed by atoms with Crippen molar-refractivity contribution in [3.63, 3.8) is 0 Å². The second kappa shape index (κ2) is 9.04. The van der Waals surface area contributed by atoms with Crippen molar-refractivity contribution in [1.82, 2.24) is 0 Å². The summed E-state index contributed by atoms with van der Waals surface area (Å²) in [6.07, 6.45) is 0. The molecule has 0 aromatic carbocycles. The zero-order chi connectivity index (χ0) is 3.58. The molecule has 0 aromatic rings. The van der Waals surface area contributed by atoms with Gasteiger partial charge < -0.3 is 1.43 Å². The maximum absolute atomic E-state index is 2.53. The van der Waals surface area contributed by atoms with Crippen LogP contribution in [0, 0.1) is 0 Å². The van der Waals surface area contributed by atoms with Gasteiger partial charge in [0, 0.05) is 0 Å². The predicted molar refractivity (Wildman–Crippen MR) is 50.3 cm³/mol. The molecule has 0 aliphatic carbocycles. The summed E-state index contributed by atoms with van der Waals surface area (Å²) in [6, 6.07) is 0. The molecule has 0 N–H and O–H groups in total. The van der Waals surface area contributed by atoms with Gasteiger partial charge in [-0.25, -0.2) is 0 Å². The Morgan fingerprint density at radius 1 is 1.20 bits per heavy atom. The van der Waals surface area contributed by atoms with E-state index in [1.807, 2.05) is 0 Å². The van der Waals surface area contributed by atoms with E-state index >= 15 is 0 Å². The maximum atomic E-state index is 2.53. The molecule has 0 rings (SSSR count). The van der Waals surface area contributed by atoms with Gasteiger partial charge in [-0.1, -0.05) is 0 Å². The first-order valence-corrected chi connectivity index (χ1v) is 29.5. The molecular weight excluding hydrogens is 632 g/mol. The molecule has 5 heteroatoms. The third kappa shape index (κ3) is 17.6. The number of halogens is 3. The van der Waals surface area contributed by atoms with Gasteiger partial charge in [-0.15, -0.1) is 0 Å². The van der Waals surface area contributed by atoms with Crippen LogP contribution in [0.5, 0.6) is 0 Å². The van der Waals surface area contributed by atoms with Gasteiger partial charge >= 0.3 is 133 Å². The topological polar surface area (TPSA) is 0 Å². The van der Waals surface area contributed by atoms with Crippen molar-refractivity contribution in [3.8, 4) is 0 Å². The van der Waals surface area contributed by atoms with E-state index < -0.39 is 7.86 Å². The van der Waals surface area contributed by atoms with Gasteiger partial charge in [-0.3, -0.25) is 0 Å². The Morgan fingerprint density at radius 3 is 1.20 bits per heavy atom. The molecule has 0 saturated heterocycles. The van der Waals surface area contributed by atoms with Crippen molar-refractivity contribution in [2.75, 3.05) is 0 Å². The minimum atomic E-state index is -0.727. The molecule has 0 heterocycles. The van der Waals surface area contributed by atoms with Crippen molar-refractivity contribution in [2.45, 2.75) is 0 Å². The van der Waals surface area contributed by atoms with E-state index in [1.165, 1.54) is 0 Å². The first-order valence-electron chi connectivity index (χ1n) is 0.655. The van der Waals surface area contributed by atoms with Gasteiger partial charge in [-0.2, -0.15) is 0 Å². The normalized spacial score (nSPS) is 7.20. The molecule has 0 bridgehead atoms. The number of rotatable bonds is 0. The Balaban J connectivity index is -0.0000000450. The van der Waals surface area contributed by atoms with Crippen LogP contribution in [-0.2, 0) is 0 Å². The molecule has 0 unspecified atom stereocenters. The zero-order valence-electron chi connectivity index (χ0n) is 3.71. The van der Waals surface area contributed by atoms with Crippen LogP contribution < -0.4 is 68.9 Å². The van der Waals surface area contributed by atoms with Gasteiger partial charge in [0.1, 0.15) is 0 Å². The van der Waals surface area contributed by atoms with E-state index in [0.717, 1.165) is 0 Å². The van der Waals surface area contributed by atoms with Gasteiger partial charge in [0.25, 0.3) is 0 Å². The molecule has 0 fully saturated rings. The third-order valence-electron chi connectivity index (χ3n) is 0. The summed E-state index contributed by atoms with van der Waals surface area (Å²) >= 11 is 7.58. The second-order valence-corrected chi connectivity index (χ2v) is 74.7. The molecule has 0 aromatic heterocycles. The quantitative estimate of drug-likeness (QED) is 0.240. The van der Waals surface area contributed by atoms with Crippen LogP contribution >= 0.6 is 55.9 Å². The van der Waals surface area contributed by atoms with Crippen LogP contribution in [-0.4, -0.2) is 7.86 Å². The van der Waals surface area contributed by atoms with Gasteiger partial charge in [0.05, 0.1) is 0 Å². The van der Waals surface area contributed by atoms with Crippen LogP contribution in [0.25, 0.3) is 0 Å². The summed E-state index contributed by atoms with van der Waals surface area (Å²) in [6.45, 7) is 0. The van der Waals surface area contributed by atoms with E-state index in [-0.39, 0.29) is 70.3 Å². The Kier molecular flexibility index (Phi) is 23.0. The Labute approximate surface area is 129 Å². The molecule has 0 nitrogen and oxygen atoms in total. The van der Waals surface area contributed by atoms with E-state index in [9.17, 15) is 0 Å². The van der Waals surface area contributed by atoms with E-state index in [2.05, 4.69) is 55.9 Å². The Morgan fingerprint density at radius 2 is 1.20 bits per heavy atom. The first-order chi connectivity index (χ1) is 1.73. The molecule has 0 aliphatic rings. The number of hydrogen-bond donors (Lipinski definition) is 0. The van der Waals surface area contributed by atoms with Crippen molar-refractivity contribution < 1.29 is 70.3 Å². The second-order valence-electron chi connectivity index (χ2n) is 0.247. The first kappa shape index (κ1) is 12.7. The molecule has 5 heavy (non-hydrogen) atoms. The summed E-state index contributed by atoms with van der Waals surface area (Å²) < 4.78 is 0. The third-order valence-corrected chi connectivity index (χ3v) is 0. The van der Waals surface area contributed by atoms with Crippen molar-refractivity contribution in [3.05, 3.63) is 0 Å². The standard InChI is InChI=1S/Cs.3HI.Sn.2H/h;3*1H;;;/q+1;;;;+3;;-1/p-3. The zero-order valence-corrected chi connectivity index (χ0v) is 18.8. The molecule has 0 amide bonds. The fraction of sp³-hybridized carbons (Fsp3) is 0. The van der Waals surface area contributed by atoms with Crippen molar-refractivity contribution >= 4 is 63.8 Å². The molecular formula is H2CsI3Sn. The van der Waals surface area contributed by atoms with Gasteiger partial charge in [0.15, 0.2) is 0 Å². The van der Waals surface area contributed by atoms with E-state index in [0.29, 0.717) is 0 Å². The molecule has 0 aliphatic heterocycles. The van der Waals surface area contributed by atoms with E-state index in [4.69, 9.17) is 0 Å². The van der Waals surface area contributed by atoms with E-state index in [1.54, 1.807) is 0 Å². The van der Waals surface area contributed by atoms with Gasteiger partial charge in [-0.05, 0) is 0 Å². The van der Waals surface area contributed by atoms with Crippen LogP contribution in [0.15, 0.2) is 0 Å². The number of hydrogen-bond acceptors (Lipinski definition) is 0. The SMILES string of the molecule is [Cs+].[H-].[I][SnH]([I])[I]. The monoisotopic (exact) mass is 636 g/mol. The van der Waals surface area contributed by atoms with Crippen LogP contribution in [0.1, 0.15) is 1.43 Å². The molecule has 0 saturated carbocycles. The molecule has 0 atom stereocenters. The average molecular weight is 634 g/mol. The summed E-state index contributed by atoms with van der Waals surface area (Å²) in [5.41, 5.74) is 0. The average Bonchev–Trinajstić information content (AvgIpc) is 0.811. The summed E-state index contributed by atoms with van der Waals surface area (Å²) in [5, 5.41) is 0. The Hall–Kier alpha value is 5.04. The van der Waals surface area contributed by atoms with Gasteiger partial charge in [0.2, 0.25) is 0 Å². The Bertz CT molecular complexity index is 15.5. The molecule has 0 spiro atoms. The summed E-state index contributed by atoms with van der Waals surface area (Å²) in [5.74, 6) is 0. The van der Waals surface area contributed by atoms with Crippen LogP contribution in [0.2, 0.25) is 0 Å². The fourth-order valence-electron chi connectivity index (χ4n) is 0. The fourth-order valence-corrected chi connectivity index (χ4v) is 0. The summed E-state index contributed by atoms with van der Waals surface area (Å²) in [7, 11) is -0.727. The summed E-state index contributed by atoms with van der Waals surface area (Å²) in [4.78, 5) is 0.